The molecule has 190 valence electrons. The molecule has 0 spiro atoms. The topological polar surface area (TPSA) is 87.0 Å². The molecular formula is C31H28N4O3. The van der Waals surface area contributed by atoms with Crippen molar-refractivity contribution in [3.8, 4) is 16.9 Å². The molecule has 1 atom stereocenters. The van der Waals surface area contributed by atoms with Crippen molar-refractivity contribution in [1.29, 1.82) is 5.41 Å². The van der Waals surface area contributed by atoms with Crippen molar-refractivity contribution in [2.75, 3.05) is 7.11 Å². The molecule has 1 aliphatic heterocycles. The molecule has 0 fully saturated rings. The number of hydrazone groups is 1. The van der Waals surface area contributed by atoms with Crippen LogP contribution in [-0.4, -0.2) is 30.8 Å². The van der Waals surface area contributed by atoms with Crippen LogP contribution >= 0.6 is 0 Å². The van der Waals surface area contributed by atoms with Crippen LogP contribution in [0.15, 0.2) is 107 Å². The van der Waals surface area contributed by atoms with Gasteiger partial charge < -0.3 is 14.8 Å². The molecule has 1 unspecified atom stereocenters. The lowest BCUT2D eigenvalue weighted by Crippen LogP contribution is -2.46. The lowest BCUT2D eigenvalue weighted by molar-refractivity contribution is -0.141. The van der Waals surface area contributed by atoms with Gasteiger partial charge in [-0.3, -0.25) is 5.41 Å². The number of carbonyl (C=O) groups is 1. The number of carbonyl (C=O) groups excluding carboxylic acids is 1. The van der Waals surface area contributed by atoms with E-state index in [1.54, 1.807) is 14.0 Å². The minimum Gasteiger partial charge on any atom is -0.497 e. The summed E-state index contributed by atoms with van der Waals surface area (Å²) in [6.45, 7) is 5.54. The largest absolute Gasteiger partial charge is 0.497 e. The van der Waals surface area contributed by atoms with Crippen LogP contribution in [0.1, 0.15) is 24.1 Å². The van der Waals surface area contributed by atoms with Crippen molar-refractivity contribution in [3.63, 3.8) is 0 Å². The highest BCUT2D eigenvalue weighted by Crippen LogP contribution is 2.38. The summed E-state index contributed by atoms with van der Waals surface area (Å²) in [5.74, 6) is 0.371. The first-order chi connectivity index (χ1) is 18.5. The standard InChI is InChI=1S/C31H28N4O3/c1-20-28(29(35(33-2)31(32)34-20)27-10-6-8-24-7-4-5-9-26(24)27)30(36)38-19-21-11-13-22(14-12-21)23-15-17-25(37-3)18-16-23/h4-18,29H,2,19H2,1,3H3,(H2,32,34). The van der Waals surface area contributed by atoms with E-state index in [1.807, 2.05) is 91.0 Å². The number of hydrogen-bond acceptors (Lipinski definition) is 5. The van der Waals surface area contributed by atoms with Crippen LogP contribution in [0.4, 0.5) is 0 Å². The number of methoxy groups -OCH3 is 1. The van der Waals surface area contributed by atoms with Gasteiger partial charge in [-0.1, -0.05) is 78.9 Å². The lowest BCUT2D eigenvalue weighted by atomic mass is 9.91. The van der Waals surface area contributed by atoms with Gasteiger partial charge in [-0.2, -0.15) is 5.10 Å². The molecule has 0 aromatic heterocycles. The van der Waals surface area contributed by atoms with Crippen molar-refractivity contribution in [2.24, 2.45) is 5.10 Å². The highest BCUT2D eigenvalue weighted by molar-refractivity contribution is 5.97. The van der Waals surface area contributed by atoms with Gasteiger partial charge >= 0.3 is 5.97 Å². The molecule has 7 nitrogen and oxygen atoms in total. The monoisotopic (exact) mass is 504 g/mol. The van der Waals surface area contributed by atoms with E-state index >= 15 is 0 Å². The fraction of sp³-hybridized carbons (Fsp3) is 0.129. The Morgan fingerprint density at radius 1 is 0.974 bits per heavy atom. The van der Waals surface area contributed by atoms with E-state index in [9.17, 15) is 4.79 Å². The second-order valence-corrected chi connectivity index (χ2v) is 8.97. The van der Waals surface area contributed by atoms with Crippen molar-refractivity contribution in [1.82, 2.24) is 10.3 Å². The minimum atomic E-state index is -0.655. The van der Waals surface area contributed by atoms with Gasteiger partial charge in [0.15, 0.2) is 0 Å². The molecule has 5 rings (SSSR count). The van der Waals surface area contributed by atoms with Crippen LogP contribution in [0.3, 0.4) is 0 Å². The van der Waals surface area contributed by atoms with Gasteiger partial charge in [-0.25, -0.2) is 9.80 Å². The molecule has 38 heavy (non-hydrogen) atoms. The SMILES string of the molecule is C=NN1C(=N)NC(C)=C(C(=O)OCc2ccc(-c3ccc(OC)cc3)cc2)C1c1cccc2ccccc12. The molecule has 7 heteroatoms. The summed E-state index contributed by atoms with van der Waals surface area (Å²) in [6, 6.07) is 28.9. The Hall–Kier alpha value is -4.91. The Morgan fingerprint density at radius 3 is 2.32 bits per heavy atom. The molecular weight excluding hydrogens is 476 g/mol. The second kappa shape index (κ2) is 10.6. The number of hydrogen-bond donors (Lipinski definition) is 2. The smallest absolute Gasteiger partial charge is 0.338 e. The number of esters is 1. The summed E-state index contributed by atoms with van der Waals surface area (Å²) in [5, 5.41) is 18.9. The highest BCUT2D eigenvalue weighted by Gasteiger charge is 2.38. The van der Waals surface area contributed by atoms with Gasteiger partial charge in [0.2, 0.25) is 5.96 Å². The molecule has 4 aromatic rings. The quantitative estimate of drug-likeness (QED) is 0.237. The Kier molecular flexibility index (Phi) is 6.91. The molecule has 0 amide bonds. The van der Waals surface area contributed by atoms with Crippen molar-refractivity contribution < 1.29 is 14.3 Å². The average molecular weight is 505 g/mol. The Bertz CT molecular complexity index is 1540. The number of guanidine groups is 1. The van der Waals surface area contributed by atoms with Gasteiger partial charge in [0.25, 0.3) is 0 Å². The van der Waals surface area contributed by atoms with Crippen LogP contribution in [0.5, 0.6) is 5.75 Å². The highest BCUT2D eigenvalue weighted by atomic mass is 16.5. The van der Waals surface area contributed by atoms with Crippen LogP contribution < -0.4 is 10.1 Å². The van der Waals surface area contributed by atoms with Gasteiger partial charge in [-0.05, 0) is 52.1 Å². The maximum atomic E-state index is 13.5. The van der Waals surface area contributed by atoms with Crippen molar-refractivity contribution >= 4 is 29.4 Å². The Labute approximate surface area is 221 Å². The third kappa shape index (κ3) is 4.74. The van der Waals surface area contributed by atoms with E-state index in [-0.39, 0.29) is 12.6 Å². The fourth-order valence-electron chi connectivity index (χ4n) is 4.76. The first-order valence-electron chi connectivity index (χ1n) is 12.2. The predicted molar refractivity (Wildman–Crippen MR) is 150 cm³/mol. The van der Waals surface area contributed by atoms with Crippen molar-refractivity contribution in [3.05, 3.63) is 113 Å². The summed E-state index contributed by atoms with van der Waals surface area (Å²) in [4.78, 5) is 13.5. The molecule has 0 bridgehead atoms. The maximum absolute atomic E-state index is 13.5. The molecule has 0 saturated carbocycles. The number of allylic oxidation sites excluding steroid dienone is 1. The van der Waals surface area contributed by atoms with E-state index in [0.717, 1.165) is 38.8 Å². The van der Waals surface area contributed by atoms with Crippen LogP contribution in [0.25, 0.3) is 21.9 Å². The van der Waals surface area contributed by atoms with E-state index < -0.39 is 12.0 Å². The first-order valence-corrected chi connectivity index (χ1v) is 12.2. The molecule has 0 aliphatic carbocycles. The Morgan fingerprint density at radius 2 is 1.63 bits per heavy atom. The van der Waals surface area contributed by atoms with Gasteiger partial charge in [-0.15, -0.1) is 0 Å². The predicted octanol–water partition coefficient (Wildman–Crippen LogP) is 6.03. The number of nitrogens with one attached hydrogen (secondary N) is 2. The molecule has 0 saturated heterocycles. The number of nitrogens with zero attached hydrogens (tertiary/aromatic N) is 2. The summed E-state index contributed by atoms with van der Waals surface area (Å²) < 4.78 is 11.0. The summed E-state index contributed by atoms with van der Waals surface area (Å²) in [6.07, 6.45) is 0. The van der Waals surface area contributed by atoms with E-state index in [1.165, 1.54) is 5.01 Å². The summed E-state index contributed by atoms with van der Waals surface area (Å²) in [7, 11) is 1.64. The van der Waals surface area contributed by atoms with Crippen LogP contribution in [0, 0.1) is 5.41 Å². The minimum absolute atomic E-state index is 0.0427. The number of rotatable bonds is 7. The molecule has 0 radical (unpaired) electrons. The lowest BCUT2D eigenvalue weighted by Gasteiger charge is -2.36. The number of ether oxygens (including phenoxy) is 2. The van der Waals surface area contributed by atoms with E-state index in [0.29, 0.717) is 11.3 Å². The van der Waals surface area contributed by atoms with E-state index in [2.05, 4.69) is 17.1 Å². The third-order valence-electron chi connectivity index (χ3n) is 6.69. The van der Waals surface area contributed by atoms with Crippen LogP contribution in [0.2, 0.25) is 0 Å². The van der Waals surface area contributed by atoms with Gasteiger partial charge in [0.05, 0.1) is 12.7 Å². The Balaban J connectivity index is 1.40. The zero-order valence-corrected chi connectivity index (χ0v) is 21.3. The molecule has 1 aliphatic rings. The van der Waals surface area contributed by atoms with Gasteiger partial charge in [0.1, 0.15) is 18.4 Å². The summed E-state index contributed by atoms with van der Waals surface area (Å²) in [5.41, 5.74) is 4.77. The normalized spacial score (nSPS) is 15.3. The zero-order valence-electron chi connectivity index (χ0n) is 21.3. The molecule has 1 heterocycles. The van der Waals surface area contributed by atoms with Gasteiger partial charge in [0, 0.05) is 12.4 Å². The maximum Gasteiger partial charge on any atom is 0.338 e. The molecule has 2 N–H and O–H groups in total. The second-order valence-electron chi connectivity index (χ2n) is 8.97. The molecule has 4 aromatic carbocycles. The summed E-state index contributed by atoms with van der Waals surface area (Å²) >= 11 is 0. The van der Waals surface area contributed by atoms with Crippen molar-refractivity contribution in [2.45, 2.75) is 19.6 Å². The third-order valence-corrected chi connectivity index (χ3v) is 6.69. The zero-order chi connectivity index (χ0) is 26.6. The number of fused-ring (bicyclic) bond motifs is 1. The van der Waals surface area contributed by atoms with E-state index in [4.69, 9.17) is 14.9 Å². The number of benzene rings is 4. The first kappa shape index (κ1) is 24.8. The van der Waals surface area contributed by atoms with Crippen LogP contribution in [-0.2, 0) is 16.1 Å². The average Bonchev–Trinajstić information content (AvgIpc) is 2.95. The fourth-order valence-corrected chi connectivity index (χ4v) is 4.76.